The van der Waals surface area contributed by atoms with Gasteiger partial charge in [-0.05, 0) is 43.5 Å². The molecule has 3 rings (SSSR count). The Kier molecular flexibility index (Phi) is 6.61. The van der Waals surface area contributed by atoms with Crippen LogP contribution in [0.25, 0.3) is 0 Å². The summed E-state index contributed by atoms with van der Waals surface area (Å²) in [4.78, 5) is 18.1. The number of para-hydroxylation sites is 1. The fourth-order valence-electron chi connectivity index (χ4n) is 3.38. The Morgan fingerprint density at radius 1 is 1.28 bits per heavy atom. The summed E-state index contributed by atoms with van der Waals surface area (Å²) >= 11 is 0. The van der Waals surface area contributed by atoms with E-state index >= 15 is 0 Å². The number of hydrogen-bond donors (Lipinski definition) is 1. The quantitative estimate of drug-likeness (QED) is 0.758. The summed E-state index contributed by atoms with van der Waals surface area (Å²) in [6.45, 7) is 3.65. The molecule has 1 aliphatic rings. The number of anilines is 1. The van der Waals surface area contributed by atoms with Gasteiger partial charge in [-0.2, -0.15) is 13.2 Å². The lowest BCUT2D eigenvalue weighted by atomic mass is 10.1. The van der Waals surface area contributed by atoms with Gasteiger partial charge in [0.25, 0.3) is 0 Å². The van der Waals surface area contributed by atoms with Crippen LogP contribution in [0.3, 0.4) is 0 Å². The van der Waals surface area contributed by atoms with Gasteiger partial charge in [0.2, 0.25) is 5.91 Å². The number of ether oxygens (including phenoxy) is 1. The molecule has 1 aromatic heterocycles. The molecule has 2 aromatic rings. The van der Waals surface area contributed by atoms with Gasteiger partial charge in [-0.1, -0.05) is 18.2 Å². The highest BCUT2D eigenvalue weighted by Crippen LogP contribution is 2.30. The second kappa shape index (κ2) is 9.15. The van der Waals surface area contributed by atoms with Crippen LogP contribution in [0.1, 0.15) is 30.9 Å². The Hall–Kier alpha value is -2.77. The van der Waals surface area contributed by atoms with Gasteiger partial charge in [0.15, 0.2) is 0 Å². The van der Waals surface area contributed by atoms with Crippen molar-refractivity contribution >= 4 is 11.7 Å². The topological polar surface area (TPSA) is 54.5 Å². The summed E-state index contributed by atoms with van der Waals surface area (Å²) in [6, 6.07) is 10.0. The number of nitrogens with zero attached hydrogens (tertiary/aromatic N) is 2. The van der Waals surface area contributed by atoms with Gasteiger partial charge in [0.05, 0.1) is 12.2 Å². The average Bonchev–Trinajstić information content (AvgIpc) is 3.15. The second-order valence-corrected chi connectivity index (χ2v) is 6.94. The normalized spacial score (nSPS) is 16.7. The average molecular weight is 407 g/mol. The number of benzene rings is 1. The smallest absolute Gasteiger partial charge is 0.417 e. The lowest BCUT2D eigenvalue weighted by Crippen LogP contribution is -2.37. The Bertz CT molecular complexity index is 825. The first-order valence-corrected chi connectivity index (χ1v) is 9.65. The number of carbonyl (C=O) groups is 1. The lowest BCUT2D eigenvalue weighted by Gasteiger charge is -2.18. The molecule has 1 amide bonds. The van der Waals surface area contributed by atoms with Crippen molar-refractivity contribution in [1.29, 1.82) is 0 Å². The molecule has 1 aliphatic heterocycles. The van der Waals surface area contributed by atoms with E-state index in [1.807, 2.05) is 36.1 Å². The predicted molar refractivity (Wildman–Crippen MR) is 104 cm³/mol. The maximum Gasteiger partial charge on any atom is 0.417 e. The number of amides is 1. The van der Waals surface area contributed by atoms with Gasteiger partial charge >= 0.3 is 6.18 Å². The van der Waals surface area contributed by atoms with Crippen molar-refractivity contribution in [1.82, 2.24) is 10.3 Å². The molecule has 8 heteroatoms. The molecular weight excluding hydrogens is 383 g/mol. The molecule has 29 heavy (non-hydrogen) atoms. The Morgan fingerprint density at radius 3 is 2.76 bits per heavy atom. The molecule has 2 heterocycles. The largest absolute Gasteiger partial charge is 0.494 e. The molecule has 0 spiro atoms. The predicted octanol–water partition coefficient (Wildman–Crippen LogP) is 3.83. The highest BCUT2D eigenvalue weighted by Gasteiger charge is 2.31. The van der Waals surface area contributed by atoms with E-state index < -0.39 is 11.7 Å². The van der Waals surface area contributed by atoms with Crippen LogP contribution in [-0.4, -0.2) is 36.6 Å². The zero-order valence-corrected chi connectivity index (χ0v) is 16.2. The molecule has 1 fully saturated rings. The van der Waals surface area contributed by atoms with E-state index in [9.17, 15) is 18.0 Å². The standard InChI is InChI=1S/C21H24F3N3O2/c1-2-29-18-6-4-3-5-15(18)7-10-20(28)26-17-11-12-27(14-17)19-9-8-16(13-25-19)21(22,23)24/h3-6,8-9,13,17H,2,7,10-12,14H2,1H3,(H,26,28). The Labute approximate surface area is 167 Å². The Balaban J connectivity index is 1.49. The maximum atomic E-state index is 12.7. The number of carbonyl (C=O) groups excluding carboxylic acids is 1. The van der Waals surface area contributed by atoms with E-state index in [4.69, 9.17) is 4.74 Å². The van der Waals surface area contributed by atoms with Crippen molar-refractivity contribution in [3.63, 3.8) is 0 Å². The molecule has 5 nitrogen and oxygen atoms in total. The molecule has 1 N–H and O–H groups in total. The summed E-state index contributed by atoms with van der Waals surface area (Å²) < 4.78 is 43.5. The first-order valence-electron chi connectivity index (χ1n) is 9.65. The van der Waals surface area contributed by atoms with Crippen molar-refractivity contribution < 1.29 is 22.7 Å². The van der Waals surface area contributed by atoms with Crippen LogP contribution in [0, 0.1) is 0 Å². The van der Waals surface area contributed by atoms with E-state index in [2.05, 4.69) is 10.3 Å². The highest BCUT2D eigenvalue weighted by atomic mass is 19.4. The number of aryl methyl sites for hydroxylation is 1. The van der Waals surface area contributed by atoms with Gasteiger partial charge in [-0.15, -0.1) is 0 Å². The minimum atomic E-state index is -4.40. The van der Waals surface area contributed by atoms with Crippen LogP contribution in [0.4, 0.5) is 19.0 Å². The van der Waals surface area contributed by atoms with Gasteiger partial charge in [0, 0.05) is 31.7 Å². The number of alkyl halides is 3. The fraction of sp³-hybridized carbons (Fsp3) is 0.429. The van der Waals surface area contributed by atoms with Crippen molar-refractivity contribution in [3.05, 3.63) is 53.7 Å². The van der Waals surface area contributed by atoms with Crippen LogP contribution in [-0.2, 0) is 17.4 Å². The summed E-state index contributed by atoms with van der Waals surface area (Å²) in [5.74, 6) is 1.23. The lowest BCUT2D eigenvalue weighted by molar-refractivity contribution is -0.137. The third-order valence-corrected chi connectivity index (χ3v) is 4.85. The number of halogens is 3. The molecule has 1 unspecified atom stereocenters. The van der Waals surface area contributed by atoms with E-state index in [1.54, 1.807) is 0 Å². The molecule has 156 valence electrons. The summed E-state index contributed by atoms with van der Waals surface area (Å²) in [6.07, 6.45) is -1.90. The minimum absolute atomic E-state index is 0.0475. The van der Waals surface area contributed by atoms with Crippen LogP contribution < -0.4 is 15.0 Å². The molecule has 0 saturated carbocycles. The summed E-state index contributed by atoms with van der Waals surface area (Å²) in [5.41, 5.74) is 0.226. The van der Waals surface area contributed by atoms with Crippen LogP contribution in [0.5, 0.6) is 5.75 Å². The highest BCUT2D eigenvalue weighted by molar-refractivity contribution is 5.76. The number of nitrogens with one attached hydrogen (secondary N) is 1. The van der Waals surface area contributed by atoms with Crippen LogP contribution >= 0.6 is 0 Å². The monoisotopic (exact) mass is 407 g/mol. The number of pyridine rings is 1. The Morgan fingerprint density at radius 2 is 2.07 bits per heavy atom. The van der Waals surface area contributed by atoms with Crippen molar-refractivity contribution in [2.24, 2.45) is 0 Å². The van der Waals surface area contributed by atoms with Crippen molar-refractivity contribution in [2.75, 3.05) is 24.6 Å². The maximum absolute atomic E-state index is 12.7. The van der Waals surface area contributed by atoms with Gasteiger partial charge in [0.1, 0.15) is 11.6 Å². The molecule has 0 aliphatic carbocycles. The third kappa shape index (κ3) is 5.62. The third-order valence-electron chi connectivity index (χ3n) is 4.85. The minimum Gasteiger partial charge on any atom is -0.494 e. The fourth-order valence-corrected chi connectivity index (χ4v) is 3.38. The van der Waals surface area contributed by atoms with E-state index in [0.29, 0.717) is 38.4 Å². The number of hydrogen-bond acceptors (Lipinski definition) is 4. The molecule has 0 bridgehead atoms. The molecule has 1 aromatic carbocycles. The summed E-state index contributed by atoms with van der Waals surface area (Å²) in [7, 11) is 0. The molecule has 0 radical (unpaired) electrons. The van der Waals surface area contributed by atoms with E-state index in [0.717, 1.165) is 30.0 Å². The molecule has 1 atom stereocenters. The zero-order valence-electron chi connectivity index (χ0n) is 16.2. The molecule has 1 saturated heterocycles. The SMILES string of the molecule is CCOc1ccccc1CCC(=O)NC1CCN(c2ccc(C(F)(F)F)cn2)C1. The zero-order chi connectivity index (χ0) is 20.9. The van der Waals surface area contributed by atoms with E-state index in [-0.39, 0.29) is 11.9 Å². The number of rotatable bonds is 7. The van der Waals surface area contributed by atoms with Crippen LogP contribution in [0.15, 0.2) is 42.6 Å². The molecular formula is C21H24F3N3O2. The first-order chi connectivity index (χ1) is 13.9. The van der Waals surface area contributed by atoms with Gasteiger partial charge in [-0.25, -0.2) is 4.98 Å². The number of aromatic nitrogens is 1. The van der Waals surface area contributed by atoms with Crippen LogP contribution in [0.2, 0.25) is 0 Å². The second-order valence-electron chi connectivity index (χ2n) is 6.94. The first kappa shape index (κ1) is 21.0. The summed E-state index contributed by atoms with van der Waals surface area (Å²) in [5, 5.41) is 3.01. The van der Waals surface area contributed by atoms with E-state index in [1.165, 1.54) is 6.07 Å². The van der Waals surface area contributed by atoms with Crippen molar-refractivity contribution in [3.8, 4) is 5.75 Å². The van der Waals surface area contributed by atoms with Gasteiger partial charge < -0.3 is 15.0 Å². The van der Waals surface area contributed by atoms with Gasteiger partial charge in [-0.3, -0.25) is 4.79 Å². The van der Waals surface area contributed by atoms with Crippen molar-refractivity contribution in [2.45, 2.75) is 38.4 Å².